The molecule has 2 aliphatic heterocycles. The molecule has 2 saturated heterocycles. The smallest absolute Gasteiger partial charge is 0.161 e. The van der Waals surface area contributed by atoms with Gasteiger partial charge >= 0.3 is 0 Å². The van der Waals surface area contributed by atoms with Crippen molar-refractivity contribution in [1.29, 1.82) is 0 Å². The molecule has 0 aromatic rings. The van der Waals surface area contributed by atoms with Crippen LogP contribution in [0.25, 0.3) is 0 Å². The number of halogens is 1. The second-order valence-corrected chi connectivity index (χ2v) is 4.32. The van der Waals surface area contributed by atoms with Crippen LogP contribution in [0.2, 0.25) is 0 Å². The monoisotopic (exact) mass is 201 g/mol. The van der Waals surface area contributed by atoms with Crippen LogP contribution in [0.4, 0.5) is 0 Å². The normalized spacial score (nSPS) is 42.8. The number of piperidine rings is 2. The van der Waals surface area contributed by atoms with Crippen molar-refractivity contribution in [2.45, 2.75) is 30.4 Å². The van der Waals surface area contributed by atoms with Crippen LogP contribution in [0.5, 0.6) is 0 Å². The summed E-state index contributed by atoms with van der Waals surface area (Å²) in [6.45, 7) is 0. The lowest BCUT2D eigenvalue weighted by Gasteiger charge is -2.48. The maximum atomic E-state index is 10.5. The number of nitrogens with one attached hydrogen (secondary N) is 1. The summed E-state index contributed by atoms with van der Waals surface area (Å²) in [4.78, 5) is 10.5. The molecule has 0 amide bonds. The van der Waals surface area contributed by atoms with Gasteiger partial charge in [-0.15, -0.1) is 0 Å². The molecule has 1 N–H and O–H groups in total. The van der Waals surface area contributed by atoms with Crippen molar-refractivity contribution in [2.75, 3.05) is 7.11 Å². The highest BCUT2D eigenvalue weighted by molar-refractivity contribution is 6.23. The van der Waals surface area contributed by atoms with Gasteiger partial charge in [-0.3, -0.25) is 0 Å². The second-order valence-electron chi connectivity index (χ2n) is 3.68. The van der Waals surface area contributed by atoms with E-state index in [1.165, 1.54) is 0 Å². The summed E-state index contributed by atoms with van der Waals surface area (Å²) in [7, 11) is 1.61. The zero-order chi connectivity index (χ0) is 9.47. The van der Waals surface area contributed by atoms with Gasteiger partial charge in [-0.2, -0.15) is 0 Å². The van der Waals surface area contributed by atoms with E-state index >= 15 is 0 Å². The minimum atomic E-state index is -0.622. The molecule has 13 heavy (non-hydrogen) atoms. The lowest BCUT2D eigenvalue weighted by Crippen LogP contribution is -2.58. The highest BCUT2D eigenvalue weighted by Crippen LogP contribution is 2.44. The van der Waals surface area contributed by atoms with Crippen molar-refractivity contribution in [1.82, 2.24) is 5.32 Å². The Bertz CT molecular complexity index is 275. The van der Waals surface area contributed by atoms with Crippen molar-refractivity contribution in [2.24, 2.45) is 5.92 Å². The number of allylic oxidation sites excluding steroid dienone is 1. The molecule has 3 nitrogen and oxygen atoms in total. The Labute approximate surface area is 82.1 Å². The maximum absolute atomic E-state index is 10.5. The first-order valence-electron chi connectivity index (χ1n) is 4.45. The van der Waals surface area contributed by atoms with Crippen LogP contribution in [-0.4, -0.2) is 24.2 Å². The van der Waals surface area contributed by atoms with E-state index in [0.717, 1.165) is 12.8 Å². The van der Waals surface area contributed by atoms with Crippen LogP contribution in [0.3, 0.4) is 0 Å². The zero-order valence-corrected chi connectivity index (χ0v) is 8.23. The number of hydrogen-bond acceptors (Lipinski definition) is 3. The van der Waals surface area contributed by atoms with Gasteiger partial charge in [0.1, 0.15) is 5.94 Å². The summed E-state index contributed by atoms with van der Waals surface area (Å²) in [5, 5.41) is 2.46. The fourth-order valence-corrected chi connectivity index (χ4v) is 2.58. The largest absolute Gasteiger partial charge is 0.372 e. The molecule has 0 spiro atoms. The Balaban J connectivity index is 2.25. The third-order valence-electron chi connectivity index (χ3n) is 3.04. The lowest BCUT2D eigenvalue weighted by molar-refractivity contribution is -0.0239. The zero-order valence-electron chi connectivity index (χ0n) is 7.47. The van der Waals surface area contributed by atoms with E-state index in [1.807, 2.05) is 5.94 Å². The van der Waals surface area contributed by atoms with E-state index in [-0.39, 0.29) is 12.0 Å². The van der Waals surface area contributed by atoms with Crippen molar-refractivity contribution < 1.29 is 9.53 Å². The molecule has 2 bridgehead atoms. The average molecular weight is 202 g/mol. The van der Waals surface area contributed by atoms with Gasteiger partial charge in [0.25, 0.3) is 0 Å². The summed E-state index contributed by atoms with van der Waals surface area (Å²) in [5.74, 6) is 2.15. The minimum Gasteiger partial charge on any atom is -0.372 e. The van der Waals surface area contributed by atoms with Crippen molar-refractivity contribution >= 4 is 17.5 Å². The second kappa shape index (κ2) is 3.02. The third-order valence-corrected chi connectivity index (χ3v) is 3.61. The molecule has 0 radical (unpaired) electrons. The van der Waals surface area contributed by atoms with Crippen LogP contribution in [0.1, 0.15) is 19.3 Å². The predicted molar refractivity (Wildman–Crippen MR) is 49.1 cm³/mol. The number of rotatable bonds is 1. The molecule has 72 valence electrons. The quantitative estimate of drug-likeness (QED) is 0.509. The first-order chi connectivity index (χ1) is 6.19. The molecule has 3 fully saturated rings. The van der Waals surface area contributed by atoms with E-state index < -0.39 is 5.06 Å². The molecular formula is C9H12ClNO2. The highest BCUT2D eigenvalue weighted by Gasteiger charge is 2.49. The van der Waals surface area contributed by atoms with Crippen LogP contribution < -0.4 is 5.32 Å². The molecule has 3 atom stereocenters. The molecule has 1 saturated carbocycles. The van der Waals surface area contributed by atoms with Crippen molar-refractivity contribution in [3.63, 3.8) is 0 Å². The summed E-state index contributed by atoms with van der Waals surface area (Å²) in [5.41, 5.74) is 0.671. The number of carbonyl (C=O) groups excluding carboxylic acids is 1. The average Bonchev–Trinajstić information content (AvgIpc) is 2.18. The summed E-state index contributed by atoms with van der Waals surface area (Å²) in [6, 6.07) is 0.0561. The van der Waals surface area contributed by atoms with Crippen LogP contribution in [-0.2, 0) is 9.53 Å². The third kappa shape index (κ3) is 1.28. The molecule has 2 heterocycles. The predicted octanol–water partition coefficient (Wildman–Crippen LogP) is 1.06. The molecule has 0 aromatic carbocycles. The Kier molecular flexibility index (Phi) is 2.11. The topological polar surface area (TPSA) is 38.3 Å². The summed E-state index contributed by atoms with van der Waals surface area (Å²) < 4.78 is 5.27. The lowest BCUT2D eigenvalue weighted by atomic mass is 9.77. The Hall–Kier alpha value is -0.500. The molecular weight excluding hydrogens is 190 g/mol. The first-order valence-corrected chi connectivity index (χ1v) is 4.83. The summed E-state index contributed by atoms with van der Waals surface area (Å²) >= 11 is 6.25. The van der Waals surface area contributed by atoms with E-state index in [1.54, 1.807) is 7.11 Å². The standard InChI is InChI=1S/C9H12ClNO2/c1-13-9(10)4-6-2-3-8(9)11-7(6)5-12/h6,8,11H,2-4H2,1H3. The van der Waals surface area contributed by atoms with Crippen LogP contribution >= 0.6 is 11.6 Å². The van der Waals surface area contributed by atoms with Gasteiger partial charge in [-0.1, -0.05) is 11.6 Å². The van der Waals surface area contributed by atoms with E-state index in [4.69, 9.17) is 16.3 Å². The van der Waals surface area contributed by atoms with Crippen LogP contribution in [0, 0.1) is 5.92 Å². The number of alkyl halides is 1. The van der Waals surface area contributed by atoms with Crippen molar-refractivity contribution in [3.8, 4) is 0 Å². The molecule has 0 aromatic heterocycles. The summed E-state index contributed by atoms with van der Waals surface area (Å²) in [6.07, 6.45) is 2.69. The maximum Gasteiger partial charge on any atom is 0.161 e. The molecule has 3 rings (SSSR count). The van der Waals surface area contributed by atoms with Gasteiger partial charge in [-0.25, -0.2) is 4.79 Å². The number of hydrogen-bond donors (Lipinski definition) is 1. The SMILES string of the molecule is COC1(Cl)CC2CCC1NC2=C=O. The number of fused-ring (bicyclic) bond motifs is 3. The molecule has 1 aliphatic carbocycles. The molecule has 3 aliphatic rings. The fraction of sp³-hybridized carbons (Fsp3) is 0.778. The van der Waals surface area contributed by atoms with E-state index in [9.17, 15) is 4.79 Å². The highest BCUT2D eigenvalue weighted by atomic mass is 35.5. The van der Waals surface area contributed by atoms with E-state index in [2.05, 4.69) is 5.32 Å². The first kappa shape index (κ1) is 9.07. The van der Waals surface area contributed by atoms with Crippen molar-refractivity contribution in [3.05, 3.63) is 5.70 Å². The fourth-order valence-electron chi connectivity index (χ4n) is 2.23. The molecule has 3 unspecified atom stereocenters. The van der Waals surface area contributed by atoms with Gasteiger partial charge in [0.05, 0.1) is 11.7 Å². The van der Waals surface area contributed by atoms with Crippen LogP contribution in [0.15, 0.2) is 5.70 Å². The van der Waals surface area contributed by atoms with Gasteiger partial charge in [0.2, 0.25) is 0 Å². The Morgan fingerprint density at radius 3 is 2.92 bits per heavy atom. The van der Waals surface area contributed by atoms with Gasteiger partial charge in [0, 0.05) is 19.4 Å². The number of methoxy groups -OCH3 is 1. The number of ether oxygens (including phenoxy) is 1. The molecule has 4 heteroatoms. The van der Waals surface area contributed by atoms with E-state index in [0.29, 0.717) is 12.1 Å². The van der Waals surface area contributed by atoms with Gasteiger partial charge in [-0.05, 0) is 12.8 Å². The minimum absolute atomic E-state index is 0.0561. The Morgan fingerprint density at radius 2 is 2.46 bits per heavy atom. The van der Waals surface area contributed by atoms with Gasteiger partial charge < -0.3 is 10.1 Å². The Morgan fingerprint density at radius 1 is 1.69 bits per heavy atom. The van der Waals surface area contributed by atoms with Gasteiger partial charge in [0.15, 0.2) is 5.06 Å².